The Morgan fingerprint density at radius 2 is 2.15 bits per heavy atom. The fourth-order valence-electron chi connectivity index (χ4n) is 2.57. The van der Waals surface area contributed by atoms with Crippen molar-refractivity contribution in [1.82, 2.24) is 10.6 Å². The van der Waals surface area contributed by atoms with Crippen LogP contribution in [0.15, 0.2) is 22.8 Å². The number of carbonyl (C=O) groups excluding carboxylic acids is 1. The number of aliphatic hydroxyl groups is 1. The lowest BCUT2D eigenvalue weighted by atomic mass is 9.87. The monoisotopic (exact) mass is 280 g/mol. The molecule has 0 saturated heterocycles. The zero-order valence-corrected chi connectivity index (χ0v) is 12.2. The second-order valence-electron chi connectivity index (χ2n) is 6.03. The molecule has 1 saturated carbocycles. The van der Waals surface area contributed by atoms with E-state index in [1.807, 2.05) is 0 Å². The quantitative estimate of drug-likeness (QED) is 0.792. The molecular weight excluding hydrogens is 256 g/mol. The Balaban J connectivity index is 1.75. The van der Waals surface area contributed by atoms with Gasteiger partial charge in [0.15, 0.2) is 0 Å². The lowest BCUT2D eigenvalue weighted by Gasteiger charge is -2.28. The van der Waals surface area contributed by atoms with Crippen molar-refractivity contribution >= 4 is 6.03 Å². The molecule has 3 N–H and O–H groups in total. The van der Waals surface area contributed by atoms with Crippen molar-refractivity contribution in [1.29, 1.82) is 0 Å². The van der Waals surface area contributed by atoms with Gasteiger partial charge in [0.25, 0.3) is 0 Å². The Labute approximate surface area is 119 Å². The van der Waals surface area contributed by atoms with Crippen LogP contribution in [0.25, 0.3) is 0 Å². The predicted octanol–water partition coefficient (Wildman–Crippen LogP) is 2.37. The third kappa shape index (κ3) is 4.00. The average molecular weight is 280 g/mol. The van der Waals surface area contributed by atoms with Crippen LogP contribution in [0.1, 0.15) is 45.3 Å². The second kappa shape index (κ2) is 6.31. The number of hydrogen-bond donors (Lipinski definition) is 3. The van der Waals surface area contributed by atoms with Crippen LogP contribution < -0.4 is 10.6 Å². The van der Waals surface area contributed by atoms with Gasteiger partial charge in [-0.05, 0) is 50.7 Å². The van der Waals surface area contributed by atoms with Crippen LogP contribution in [-0.4, -0.2) is 23.7 Å². The third-order valence-electron chi connectivity index (χ3n) is 4.00. The molecule has 0 aliphatic heterocycles. The van der Waals surface area contributed by atoms with Crippen molar-refractivity contribution in [3.05, 3.63) is 24.2 Å². The summed E-state index contributed by atoms with van der Waals surface area (Å²) >= 11 is 0. The molecule has 1 atom stereocenters. The zero-order valence-electron chi connectivity index (χ0n) is 12.2. The zero-order chi connectivity index (χ0) is 14.6. The van der Waals surface area contributed by atoms with E-state index in [4.69, 9.17) is 4.42 Å². The molecule has 1 unspecified atom stereocenters. The molecule has 2 amide bonds. The van der Waals surface area contributed by atoms with E-state index in [0.29, 0.717) is 5.76 Å². The number of urea groups is 1. The molecule has 1 aromatic heterocycles. The molecule has 1 aliphatic rings. The Morgan fingerprint density at radius 1 is 1.45 bits per heavy atom. The Hall–Kier alpha value is -1.49. The number of amides is 2. The van der Waals surface area contributed by atoms with Gasteiger partial charge in [-0.15, -0.1) is 0 Å². The van der Waals surface area contributed by atoms with Gasteiger partial charge < -0.3 is 20.2 Å². The first-order chi connectivity index (χ1) is 9.47. The molecule has 1 aromatic rings. The fraction of sp³-hybridized carbons (Fsp3) is 0.667. The van der Waals surface area contributed by atoms with Crippen molar-refractivity contribution < 1.29 is 14.3 Å². The van der Waals surface area contributed by atoms with Crippen LogP contribution in [0.2, 0.25) is 0 Å². The summed E-state index contributed by atoms with van der Waals surface area (Å²) in [6, 6.07) is 3.44. The maximum absolute atomic E-state index is 11.8. The fourth-order valence-corrected chi connectivity index (χ4v) is 2.57. The molecule has 1 aliphatic carbocycles. The van der Waals surface area contributed by atoms with E-state index in [0.717, 1.165) is 31.6 Å². The topological polar surface area (TPSA) is 74.5 Å². The first-order valence-corrected chi connectivity index (χ1v) is 7.28. The number of carbonyl (C=O) groups is 1. The van der Waals surface area contributed by atoms with Gasteiger partial charge in [0.1, 0.15) is 11.4 Å². The maximum Gasteiger partial charge on any atom is 0.315 e. The van der Waals surface area contributed by atoms with Gasteiger partial charge >= 0.3 is 6.03 Å². The maximum atomic E-state index is 11.8. The largest absolute Gasteiger partial charge is 0.466 e. The molecule has 5 nitrogen and oxygen atoms in total. The van der Waals surface area contributed by atoms with Gasteiger partial charge in [-0.1, -0.05) is 6.92 Å². The third-order valence-corrected chi connectivity index (χ3v) is 4.00. The van der Waals surface area contributed by atoms with Crippen LogP contribution in [-0.2, 0) is 5.60 Å². The van der Waals surface area contributed by atoms with Crippen LogP contribution in [0.3, 0.4) is 0 Å². The molecule has 2 rings (SSSR count). The highest BCUT2D eigenvalue weighted by Crippen LogP contribution is 2.23. The molecule has 0 aromatic carbocycles. The van der Waals surface area contributed by atoms with E-state index in [-0.39, 0.29) is 18.6 Å². The molecule has 0 spiro atoms. The minimum absolute atomic E-state index is 0.121. The van der Waals surface area contributed by atoms with E-state index in [1.54, 1.807) is 19.1 Å². The van der Waals surface area contributed by atoms with E-state index < -0.39 is 5.60 Å². The summed E-state index contributed by atoms with van der Waals surface area (Å²) in [5.41, 5.74) is -1.19. The summed E-state index contributed by atoms with van der Waals surface area (Å²) in [5, 5.41) is 15.9. The van der Waals surface area contributed by atoms with E-state index >= 15 is 0 Å². The minimum atomic E-state index is -1.19. The van der Waals surface area contributed by atoms with Crippen LogP contribution in [0.4, 0.5) is 4.79 Å². The van der Waals surface area contributed by atoms with E-state index in [9.17, 15) is 9.90 Å². The summed E-state index contributed by atoms with van der Waals surface area (Å²) in [6.45, 7) is 3.99. The first kappa shape index (κ1) is 14.9. The van der Waals surface area contributed by atoms with Crippen molar-refractivity contribution in [3.8, 4) is 0 Å². The minimum Gasteiger partial charge on any atom is -0.466 e. The van der Waals surface area contributed by atoms with Gasteiger partial charge in [0.2, 0.25) is 0 Å². The molecule has 112 valence electrons. The smallest absolute Gasteiger partial charge is 0.315 e. The molecule has 1 heterocycles. The van der Waals surface area contributed by atoms with Crippen molar-refractivity contribution in [2.75, 3.05) is 6.54 Å². The van der Waals surface area contributed by atoms with Crippen molar-refractivity contribution in [2.24, 2.45) is 5.92 Å². The molecule has 20 heavy (non-hydrogen) atoms. The normalized spacial score (nSPS) is 25.8. The van der Waals surface area contributed by atoms with Crippen LogP contribution in [0.5, 0.6) is 0 Å². The second-order valence-corrected chi connectivity index (χ2v) is 6.03. The highest BCUT2D eigenvalue weighted by molar-refractivity contribution is 5.74. The van der Waals surface area contributed by atoms with E-state index in [1.165, 1.54) is 6.26 Å². The molecule has 0 radical (unpaired) electrons. The van der Waals surface area contributed by atoms with Gasteiger partial charge in [0, 0.05) is 6.04 Å². The average Bonchev–Trinajstić information content (AvgIpc) is 2.94. The highest BCUT2D eigenvalue weighted by Gasteiger charge is 2.27. The Bertz CT molecular complexity index is 420. The summed E-state index contributed by atoms with van der Waals surface area (Å²) in [5.74, 6) is 1.21. The van der Waals surface area contributed by atoms with Gasteiger partial charge in [-0.25, -0.2) is 4.79 Å². The molecule has 1 fully saturated rings. The molecule has 5 heteroatoms. The lowest BCUT2D eigenvalue weighted by Crippen LogP contribution is -2.47. The van der Waals surface area contributed by atoms with Crippen LogP contribution in [0, 0.1) is 5.92 Å². The summed E-state index contributed by atoms with van der Waals surface area (Å²) in [7, 11) is 0. The Kier molecular flexibility index (Phi) is 4.70. The standard InChI is InChI=1S/C15H24N2O3/c1-11-5-7-12(8-6-11)17-14(18)16-10-15(2,19)13-4-3-9-20-13/h3-4,9,11-12,19H,5-8,10H2,1-2H3,(H2,16,17,18). The highest BCUT2D eigenvalue weighted by atomic mass is 16.4. The lowest BCUT2D eigenvalue weighted by molar-refractivity contribution is 0.0366. The predicted molar refractivity (Wildman–Crippen MR) is 76.2 cm³/mol. The summed E-state index contributed by atoms with van der Waals surface area (Å²) in [6.07, 6.45) is 5.89. The van der Waals surface area contributed by atoms with E-state index in [2.05, 4.69) is 17.6 Å². The van der Waals surface area contributed by atoms with Gasteiger partial charge in [-0.2, -0.15) is 0 Å². The molecule has 0 bridgehead atoms. The van der Waals surface area contributed by atoms with Crippen molar-refractivity contribution in [3.63, 3.8) is 0 Å². The SMILES string of the molecule is CC1CCC(NC(=O)NCC(C)(O)c2ccco2)CC1. The summed E-state index contributed by atoms with van der Waals surface area (Å²) < 4.78 is 5.17. The molecular formula is C15H24N2O3. The first-order valence-electron chi connectivity index (χ1n) is 7.28. The number of furan rings is 1. The number of nitrogens with one attached hydrogen (secondary N) is 2. The number of rotatable bonds is 4. The van der Waals surface area contributed by atoms with Gasteiger partial charge in [0.05, 0.1) is 12.8 Å². The number of hydrogen-bond acceptors (Lipinski definition) is 3. The Morgan fingerprint density at radius 3 is 2.75 bits per heavy atom. The van der Waals surface area contributed by atoms with Gasteiger partial charge in [-0.3, -0.25) is 0 Å². The van der Waals surface area contributed by atoms with Crippen LogP contribution >= 0.6 is 0 Å². The summed E-state index contributed by atoms with van der Waals surface area (Å²) in [4.78, 5) is 11.8. The van der Waals surface area contributed by atoms with Crippen molar-refractivity contribution in [2.45, 2.75) is 51.2 Å².